The summed E-state index contributed by atoms with van der Waals surface area (Å²) in [4.78, 5) is 39.6. The van der Waals surface area contributed by atoms with Crippen LogP contribution in [0.4, 0.5) is 5.82 Å². The van der Waals surface area contributed by atoms with Crippen molar-refractivity contribution in [3.05, 3.63) is 11.6 Å². The lowest BCUT2D eigenvalue weighted by atomic mass is 9.53. The quantitative estimate of drug-likeness (QED) is 0.219. The molecule has 7 N–H and O–H groups in total. The molecule has 178 valence electrons. The van der Waals surface area contributed by atoms with Crippen molar-refractivity contribution in [1.29, 1.82) is 0 Å². The van der Waals surface area contributed by atoms with Crippen LogP contribution in [0.1, 0.15) is 19.4 Å². The van der Waals surface area contributed by atoms with Crippen molar-refractivity contribution in [1.82, 2.24) is 19.5 Å². The number of nitrogen functional groups attached to an aromatic ring is 1. The molecule has 0 aromatic carbocycles. The summed E-state index contributed by atoms with van der Waals surface area (Å²) in [7, 11) is -10.4. The number of nitrogens with zero attached hydrogens (tertiary/aromatic N) is 4. The zero-order valence-corrected chi connectivity index (χ0v) is 19.1. The Kier molecular flexibility index (Phi) is 5.95. The maximum Gasteiger partial charge on any atom is 0.481 e. The largest absolute Gasteiger partial charge is 0.481 e. The topological polar surface area (TPSA) is 223 Å². The van der Waals surface area contributed by atoms with Gasteiger partial charge in [-0.2, -0.15) is 14.3 Å². The van der Waals surface area contributed by atoms with Crippen LogP contribution in [-0.2, 0) is 18.0 Å². The maximum atomic E-state index is 12.0. The third-order valence-corrected chi connectivity index (χ3v) is 8.79. The van der Waals surface area contributed by atoms with Crippen LogP contribution < -0.4 is 5.73 Å². The van der Waals surface area contributed by atoms with Crippen LogP contribution in [0, 0.1) is 23.2 Å². The lowest BCUT2D eigenvalue weighted by molar-refractivity contribution is -0.102. The fourth-order valence-corrected chi connectivity index (χ4v) is 7.35. The Balaban J connectivity index is 1.71. The number of anilines is 1. The Morgan fingerprint density at radius 2 is 2.03 bits per heavy atom. The predicted molar refractivity (Wildman–Crippen MR) is 109 cm³/mol. The Morgan fingerprint density at radius 1 is 1.34 bits per heavy atom. The monoisotopic (exact) mass is 513 g/mol. The molecule has 2 fully saturated rings. The second-order valence-corrected chi connectivity index (χ2v) is 11.4. The van der Waals surface area contributed by atoms with E-state index in [1.165, 1.54) is 6.33 Å². The SMILES string of the molecule is C[C@@H]1C[C@]2(COP(=O)(O)OP(=O)(O)O)[C@H]1[C@@H](n1cnc3c(N)nc(Cl)nc31)[C@H](O)[C@@H]2CO. The molecule has 0 radical (unpaired) electrons. The summed E-state index contributed by atoms with van der Waals surface area (Å²) in [5.41, 5.74) is 5.43. The number of phosphoric acid groups is 2. The molecule has 0 aliphatic heterocycles. The smallest absolute Gasteiger partial charge is 0.396 e. The number of hydrogen-bond donors (Lipinski definition) is 6. The molecule has 1 unspecified atom stereocenters. The number of rotatable bonds is 7. The van der Waals surface area contributed by atoms with Gasteiger partial charge in [0.05, 0.1) is 25.1 Å². The van der Waals surface area contributed by atoms with Crippen molar-refractivity contribution in [2.24, 2.45) is 23.2 Å². The first-order chi connectivity index (χ1) is 14.8. The van der Waals surface area contributed by atoms with E-state index in [4.69, 9.17) is 31.6 Å². The van der Waals surface area contributed by atoms with Crippen molar-refractivity contribution < 1.29 is 42.9 Å². The van der Waals surface area contributed by atoms with Crippen molar-refractivity contribution in [2.75, 3.05) is 18.9 Å². The molecular weight excluding hydrogens is 492 g/mol. The standard InChI is InChI=1S/C15H22ClN5O9P2/c1-6-2-15(4-29-32(27,28)30-31(24,25)26)7(3-22)11(23)10(8(6)15)21-5-18-9-12(17)19-14(16)20-13(9)21/h5-8,10-11,22-23H,2-4H2,1H3,(H,27,28)(H2,17,19,20)(H2,24,25,26)/t6-,7+,8-,10-,11-,15-/m1/s1. The average Bonchev–Trinajstić information content (AvgIpc) is 3.13. The molecule has 17 heteroatoms. The first-order valence-electron chi connectivity index (χ1n) is 9.48. The van der Waals surface area contributed by atoms with Crippen LogP contribution in [0.15, 0.2) is 6.33 Å². The number of nitrogens with two attached hydrogens (primary N) is 1. The number of imidazole rings is 1. The summed E-state index contributed by atoms with van der Waals surface area (Å²) >= 11 is 5.94. The third-order valence-electron chi connectivity index (χ3n) is 6.49. The van der Waals surface area contributed by atoms with Crippen molar-refractivity contribution in [3.63, 3.8) is 0 Å². The van der Waals surface area contributed by atoms with E-state index in [0.29, 0.717) is 6.42 Å². The number of aliphatic hydroxyl groups is 2. The predicted octanol–water partition coefficient (Wildman–Crippen LogP) is 0.455. The first-order valence-corrected chi connectivity index (χ1v) is 12.9. The van der Waals surface area contributed by atoms with Crippen molar-refractivity contribution in [3.8, 4) is 0 Å². The van der Waals surface area contributed by atoms with Gasteiger partial charge in [0.15, 0.2) is 11.5 Å². The molecule has 7 atom stereocenters. The Labute approximate surface area is 186 Å². The summed E-state index contributed by atoms with van der Waals surface area (Å²) in [6.07, 6.45) is 0.702. The van der Waals surface area contributed by atoms with E-state index in [2.05, 4.69) is 19.3 Å². The van der Waals surface area contributed by atoms with Crippen LogP contribution in [0.2, 0.25) is 5.28 Å². The zero-order chi connectivity index (χ0) is 23.6. The molecule has 32 heavy (non-hydrogen) atoms. The number of hydrogen-bond acceptors (Lipinski definition) is 10. The molecular formula is C15H22ClN5O9P2. The Hall–Kier alpha value is -1.18. The van der Waals surface area contributed by atoms with E-state index in [9.17, 15) is 24.2 Å². The maximum absolute atomic E-state index is 12.0. The molecule has 2 aromatic rings. The van der Waals surface area contributed by atoms with Crippen molar-refractivity contribution in [2.45, 2.75) is 25.5 Å². The molecule has 14 nitrogen and oxygen atoms in total. The fourth-order valence-electron chi connectivity index (χ4n) is 5.51. The van der Waals surface area contributed by atoms with Crippen molar-refractivity contribution >= 4 is 44.2 Å². The minimum Gasteiger partial charge on any atom is -0.396 e. The molecule has 0 saturated heterocycles. The summed E-state index contributed by atoms with van der Waals surface area (Å²) in [5.74, 6) is -1.12. The highest BCUT2D eigenvalue weighted by Crippen LogP contribution is 2.69. The van der Waals surface area contributed by atoms with Gasteiger partial charge in [0.1, 0.15) is 5.52 Å². The van der Waals surface area contributed by atoms with Gasteiger partial charge in [0.2, 0.25) is 5.28 Å². The summed E-state index contributed by atoms with van der Waals surface area (Å²) in [6.45, 7) is 0.950. The molecule has 2 heterocycles. The number of aliphatic hydroxyl groups excluding tert-OH is 2. The van der Waals surface area contributed by atoms with Gasteiger partial charge < -0.3 is 35.2 Å². The average molecular weight is 514 g/mol. The lowest BCUT2D eigenvalue weighted by Gasteiger charge is -2.53. The van der Waals surface area contributed by atoms with E-state index in [-0.39, 0.29) is 34.1 Å². The highest BCUT2D eigenvalue weighted by atomic mass is 35.5. The summed E-state index contributed by atoms with van der Waals surface area (Å²) < 4.78 is 33.3. The van der Waals surface area contributed by atoms with E-state index >= 15 is 0 Å². The van der Waals surface area contributed by atoms with Gasteiger partial charge in [-0.25, -0.2) is 14.1 Å². The summed E-state index contributed by atoms with van der Waals surface area (Å²) in [5, 5.41) is 21.1. The van der Waals surface area contributed by atoms with Crippen LogP contribution in [0.25, 0.3) is 11.2 Å². The van der Waals surface area contributed by atoms with Gasteiger partial charge in [0, 0.05) is 17.9 Å². The molecule has 2 aliphatic carbocycles. The third kappa shape index (κ3) is 3.88. The molecule has 2 aliphatic rings. The van der Waals surface area contributed by atoms with Crippen LogP contribution >= 0.6 is 27.2 Å². The van der Waals surface area contributed by atoms with E-state index < -0.39 is 52.3 Å². The number of phosphoric ester groups is 1. The van der Waals surface area contributed by atoms with Gasteiger partial charge in [-0.3, -0.25) is 4.52 Å². The van der Waals surface area contributed by atoms with Gasteiger partial charge in [-0.05, 0) is 29.9 Å². The highest BCUT2D eigenvalue weighted by Gasteiger charge is 2.68. The Morgan fingerprint density at radius 3 is 2.62 bits per heavy atom. The molecule has 2 saturated carbocycles. The lowest BCUT2D eigenvalue weighted by Crippen LogP contribution is -2.52. The number of halogens is 1. The van der Waals surface area contributed by atoms with Gasteiger partial charge in [0.25, 0.3) is 0 Å². The van der Waals surface area contributed by atoms with Crippen LogP contribution in [-0.4, -0.2) is 63.7 Å². The van der Waals surface area contributed by atoms with E-state index in [1.54, 1.807) is 4.57 Å². The van der Waals surface area contributed by atoms with Crippen LogP contribution in [0.3, 0.4) is 0 Å². The Bertz CT molecular complexity index is 1140. The highest BCUT2D eigenvalue weighted by molar-refractivity contribution is 7.60. The minimum absolute atomic E-state index is 0.0114. The number of fused-ring (bicyclic) bond motifs is 2. The van der Waals surface area contributed by atoms with E-state index in [1.807, 2.05) is 6.92 Å². The van der Waals surface area contributed by atoms with Gasteiger partial charge >= 0.3 is 15.6 Å². The molecule has 4 rings (SSSR count). The normalized spacial score (nSPS) is 34.3. The molecule has 0 amide bonds. The summed E-state index contributed by atoms with van der Waals surface area (Å²) in [6, 6.07) is -0.671. The van der Waals surface area contributed by atoms with E-state index in [0.717, 1.165) is 0 Å². The van der Waals surface area contributed by atoms with Crippen LogP contribution in [0.5, 0.6) is 0 Å². The number of aromatic nitrogens is 4. The fraction of sp³-hybridized carbons (Fsp3) is 0.667. The zero-order valence-electron chi connectivity index (χ0n) is 16.6. The second kappa shape index (κ2) is 7.95. The molecule has 0 bridgehead atoms. The molecule has 2 aromatic heterocycles. The minimum atomic E-state index is -5.29. The van der Waals surface area contributed by atoms with Gasteiger partial charge in [-0.1, -0.05) is 6.92 Å². The second-order valence-electron chi connectivity index (χ2n) is 8.23. The first kappa shape index (κ1) is 24.0. The van der Waals surface area contributed by atoms with Gasteiger partial charge in [-0.15, -0.1) is 0 Å². The molecule has 0 spiro atoms.